The molecule has 0 fully saturated rings. The highest BCUT2D eigenvalue weighted by atomic mass is 35.5. The van der Waals surface area contributed by atoms with Crippen LogP contribution in [0, 0.1) is 0 Å². The van der Waals surface area contributed by atoms with Gasteiger partial charge in [-0.3, -0.25) is 5.01 Å². The quantitative estimate of drug-likeness (QED) is 0.465. The maximum atomic E-state index is 6.49. The molecule has 3 aromatic carbocycles. The summed E-state index contributed by atoms with van der Waals surface area (Å²) in [5, 5.41) is 8.40. The number of nitrogens with zero attached hydrogens (tertiary/aromatic N) is 2. The third-order valence-electron chi connectivity index (χ3n) is 4.58. The molecule has 134 valence electrons. The molecule has 1 unspecified atom stereocenters. The summed E-state index contributed by atoms with van der Waals surface area (Å²) in [6.07, 6.45) is 4.83. The first kappa shape index (κ1) is 17.8. The molecular weight excluding hydrogens is 375 g/mol. The lowest BCUT2D eigenvalue weighted by molar-refractivity contribution is 0.709. The van der Waals surface area contributed by atoms with Crippen LogP contribution in [0.4, 0.5) is 5.69 Å². The van der Waals surface area contributed by atoms with Gasteiger partial charge in [-0.25, -0.2) is 0 Å². The SMILES string of the molecule is Clc1ccccc1/C=C/C1=NN(c2ccccc2)C(c2ccccc2Cl)C1. The highest BCUT2D eigenvalue weighted by molar-refractivity contribution is 6.32. The summed E-state index contributed by atoms with van der Waals surface area (Å²) in [5.41, 5.74) is 4.09. The Labute approximate surface area is 169 Å². The van der Waals surface area contributed by atoms with E-state index in [1.54, 1.807) is 0 Å². The largest absolute Gasteiger partial charge is 0.257 e. The van der Waals surface area contributed by atoms with E-state index in [4.69, 9.17) is 28.3 Å². The molecule has 0 bridgehead atoms. The summed E-state index contributed by atoms with van der Waals surface area (Å²) in [7, 11) is 0. The minimum absolute atomic E-state index is 0.0620. The van der Waals surface area contributed by atoms with Gasteiger partial charge in [0.25, 0.3) is 0 Å². The van der Waals surface area contributed by atoms with Gasteiger partial charge in [-0.2, -0.15) is 5.10 Å². The Morgan fingerprint density at radius 2 is 1.44 bits per heavy atom. The van der Waals surface area contributed by atoms with Gasteiger partial charge in [0, 0.05) is 16.5 Å². The second-order valence-electron chi connectivity index (χ2n) is 6.37. The molecule has 0 spiro atoms. The highest BCUT2D eigenvalue weighted by Crippen LogP contribution is 2.38. The van der Waals surface area contributed by atoms with Crippen LogP contribution in [-0.4, -0.2) is 5.71 Å². The van der Waals surface area contributed by atoms with E-state index in [9.17, 15) is 0 Å². The molecule has 3 aromatic rings. The van der Waals surface area contributed by atoms with Gasteiger partial charge in [-0.15, -0.1) is 0 Å². The molecule has 1 aliphatic rings. The van der Waals surface area contributed by atoms with Crippen LogP contribution in [-0.2, 0) is 0 Å². The first-order chi connectivity index (χ1) is 13.2. The third-order valence-corrected chi connectivity index (χ3v) is 5.27. The van der Waals surface area contributed by atoms with Crippen LogP contribution < -0.4 is 5.01 Å². The van der Waals surface area contributed by atoms with Crippen molar-refractivity contribution in [2.75, 3.05) is 5.01 Å². The monoisotopic (exact) mass is 392 g/mol. The van der Waals surface area contributed by atoms with Crippen molar-refractivity contribution in [3.8, 4) is 0 Å². The number of hydrogen-bond donors (Lipinski definition) is 0. The van der Waals surface area contributed by atoms with Crippen molar-refractivity contribution in [2.45, 2.75) is 12.5 Å². The number of allylic oxidation sites excluding steroid dienone is 1. The summed E-state index contributed by atoms with van der Waals surface area (Å²) >= 11 is 12.7. The zero-order valence-corrected chi connectivity index (χ0v) is 16.1. The van der Waals surface area contributed by atoms with Crippen LogP contribution in [0.15, 0.2) is 90.0 Å². The summed E-state index contributed by atoms with van der Waals surface area (Å²) in [4.78, 5) is 0. The molecule has 0 saturated heterocycles. The molecule has 0 radical (unpaired) electrons. The fourth-order valence-corrected chi connectivity index (χ4v) is 3.70. The van der Waals surface area contributed by atoms with Gasteiger partial charge >= 0.3 is 0 Å². The lowest BCUT2D eigenvalue weighted by atomic mass is 10.0. The van der Waals surface area contributed by atoms with E-state index < -0.39 is 0 Å². The van der Waals surface area contributed by atoms with E-state index in [1.807, 2.05) is 77.8 Å². The Hall–Kier alpha value is -2.55. The molecule has 0 aliphatic carbocycles. The topological polar surface area (TPSA) is 15.6 Å². The van der Waals surface area contributed by atoms with Gasteiger partial charge in [0.2, 0.25) is 0 Å². The van der Waals surface area contributed by atoms with Gasteiger partial charge in [-0.05, 0) is 41.5 Å². The average Bonchev–Trinajstić information content (AvgIpc) is 3.12. The molecule has 0 saturated carbocycles. The molecule has 1 atom stereocenters. The van der Waals surface area contributed by atoms with E-state index in [2.05, 4.69) is 18.2 Å². The molecule has 0 amide bonds. The fraction of sp³-hybridized carbons (Fsp3) is 0.0870. The van der Waals surface area contributed by atoms with E-state index in [0.29, 0.717) is 0 Å². The zero-order chi connectivity index (χ0) is 18.6. The lowest BCUT2D eigenvalue weighted by Crippen LogP contribution is -2.18. The van der Waals surface area contributed by atoms with Crippen LogP contribution >= 0.6 is 23.2 Å². The van der Waals surface area contributed by atoms with Crippen molar-refractivity contribution in [3.63, 3.8) is 0 Å². The number of halogens is 2. The van der Waals surface area contributed by atoms with Gasteiger partial charge < -0.3 is 0 Å². The highest BCUT2D eigenvalue weighted by Gasteiger charge is 2.29. The first-order valence-electron chi connectivity index (χ1n) is 8.81. The summed E-state index contributed by atoms with van der Waals surface area (Å²) < 4.78 is 0. The number of rotatable bonds is 4. The Morgan fingerprint density at radius 1 is 0.778 bits per heavy atom. The summed E-state index contributed by atoms with van der Waals surface area (Å²) in [6.45, 7) is 0. The predicted molar refractivity (Wildman–Crippen MR) is 116 cm³/mol. The first-order valence-corrected chi connectivity index (χ1v) is 9.57. The maximum Gasteiger partial charge on any atom is 0.0845 e. The van der Waals surface area contributed by atoms with Crippen molar-refractivity contribution >= 4 is 40.7 Å². The Kier molecular flexibility index (Phi) is 5.28. The summed E-state index contributed by atoms with van der Waals surface area (Å²) in [5.74, 6) is 0. The minimum Gasteiger partial charge on any atom is -0.257 e. The van der Waals surface area contributed by atoms with Gasteiger partial charge in [0.15, 0.2) is 0 Å². The molecule has 4 heteroatoms. The number of anilines is 1. The van der Waals surface area contributed by atoms with Crippen LogP contribution in [0.25, 0.3) is 6.08 Å². The van der Waals surface area contributed by atoms with Crippen molar-refractivity contribution in [1.82, 2.24) is 0 Å². The van der Waals surface area contributed by atoms with E-state index in [1.165, 1.54) is 0 Å². The maximum absolute atomic E-state index is 6.49. The number of para-hydroxylation sites is 1. The normalized spacial score (nSPS) is 16.7. The van der Waals surface area contributed by atoms with Crippen molar-refractivity contribution < 1.29 is 0 Å². The van der Waals surface area contributed by atoms with E-state index in [0.717, 1.165) is 39.0 Å². The Morgan fingerprint density at radius 3 is 2.19 bits per heavy atom. The molecule has 0 N–H and O–H groups in total. The average molecular weight is 393 g/mol. The standard InChI is InChI=1S/C23H18Cl2N2/c24-21-12-6-4-8-17(21)14-15-18-16-23(20-11-5-7-13-22(20)25)27(26-18)19-9-2-1-3-10-19/h1-15,23H,16H2/b15-14+. The van der Waals surface area contributed by atoms with Gasteiger partial charge in [0.1, 0.15) is 0 Å². The fourth-order valence-electron chi connectivity index (χ4n) is 3.24. The summed E-state index contributed by atoms with van der Waals surface area (Å²) in [6, 6.07) is 26.0. The van der Waals surface area contributed by atoms with E-state index >= 15 is 0 Å². The Bertz CT molecular complexity index is 996. The lowest BCUT2D eigenvalue weighted by Gasteiger charge is -2.24. The molecule has 27 heavy (non-hydrogen) atoms. The molecule has 0 aromatic heterocycles. The molecule has 2 nitrogen and oxygen atoms in total. The molecule has 4 rings (SSSR count). The Balaban J connectivity index is 1.68. The number of hydrazone groups is 1. The van der Waals surface area contributed by atoms with Crippen LogP contribution in [0.1, 0.15) is 23.6 Å². The van der Waals surface area contributed by atoms with Crippen molar-refractivity contribution in [2.24, 2.45) is 5.10 Å². The van der Waals surface area contributed by atoms with Gasteiger partial charge in [0.05, 0.1) is 17.4 Å². The smallest absolute Gasteiger partial charge is 0.0845 e. The van der Waals surface area contributed by atoms with Crippen LogP contribution in [0.5, 0.6) is 0 Å². The van der Waals surface area contributed by atoms with Crippen LogP contribution in [0.2, 0.25) is 10.0 Å². The zero-order valence-electron chi connectivity index (χ0n) is 14.6. The second-order valence-corrected chi connectivity index (χ2v) is 7.18. The minimum atomic E-state index is 0.0620. The molecule has 1 heterocycles. The van der Waals surface area contributed by atoms with Crippen LogP contribution in [0.3, 0.4) is 0 Å². The van der Waals surface area contributed by atoms with Crippen molar-refractivity contribution in [1.29, 1.82) is 0 Å². The second kappa shape index (κ2) is 7.99. The number of hydrogen-bond acceptors (Lipinski definition) is 2. The third kappa shape index (κ3) is 3.92. The van der Waals surface area contributed by atoms with Crippen molar-refractivity contribution in [3.05, 3.63) is 106 Å². The molecule has 1 aliphatic heterocycles. The molecular formula is C23H18Cl2N2. The van der Waals surface area contributed by atoms with Gasteiger partial charge in [-0.1, -0.05) is 83.9 Å². The predicted octanol–water partition coefficient (Wildman–Crippen LogP) is 7.01. The van der Waals surface area contributed by atoms with E-state index in [-0.39, 0.29) is 6.04 Å². The number of benzene rings is 3.